The molecule has 98 valence electrons. The molecule has 0 atom stereocenters. The van der Waals surface area contributed by atoms with Gasteiger partial charge in [-0.25, -0.2) is 0 Å². The Bertz CT molecular complexity index is 459. The molecule has 0 amide bonds. The number of carbonyl (C=O) groups excluding carboxylic acids is 1. The van der Waals surface area contributed by atoms with Crippen LogP contribution in [0.5, 0.6) is 0 Å². The van der Waals surface area contributed by atoms with Gasteiger partial charge in [0.15, 0.2) is 5.78 Å². The highest BCUT2D eigenvalue weighted by Crippen LogP contribution is 2.35. The molecular weight excluding hydrogens is 242 g/mol. The Kier molecular flexibility index (Phi) is 4.00. The van der Waals surface area contributed by atoms with Crippen LogP contribution in [0.2, 0.25) is 0 Å². The van der Waals surface area contributed by atoms with Crippen LogP contribution in [0.25, 0.3) is 0 Å². The summed E-state index contributed by atoms with van der Waals surface area (Å²) >= 11 is 1.88. The zero-order valence-electron chi connectivity index (χ0n) is 11.2. The number of fused-ring (bicyclic) bond motifs is 1. The van der Waals surface area contributed by atoms with E-state index in [0.29, 0.717) is 12.2 Å². The largest absolute Gasteiger partial charge is 0.350 e. The predicted octanol–water partition coefficient (Wildman–Crippen LogP) is 3.56. The van der Waals surface area contributed by atoms with E-state index < -0.39 is 0 Å². The van der Waals surface area contributed by atoms with Gasteiger partial charge >= 0.3 is 0 Å². The Morgan fingerprint density at radius 2 is 2.28 bits per heavy atom. The van der Waals surface area contributed by atoms with E-state index in [0.717, 1.165) is 30.0 Å². The average molecular weight is 263 g/mol. The number of nitrogens with zero attached hydrogens (tertiary/aromatic N) is 1. The molecule has 0 fully saturated rings. The molecule has 0 saturated carbocycles. The fourth-order valence-electron chi connectivity index (χ4n) is 2.54. The Morgan fingerprint density at radius 1 is 1.50 bits per heavy atom. The van der Waals surface area contributed by atoms with Crippen molar-refractivity contribution in [2.45, 2.75) is 33.2 Å². The van der Waals surface area contributed by atoms with Crippen molar-refractivity contribution in [3.63, 3.8) is 0 Å². The number of aromatic nitrogens is 1. The Morgan fingerprint density at radius 3 is 3.00 bits per heavy atom. The lowest BCUT2D eigenvalue weighted by atomic mass is 9.76. The molecule has 0 spiro atoms. The number of hydrogen-bond acceptors (Lipinski definition) is 2. The van der Waals surface area contributed by atoms with Crippen molar-refractivity contribution in [2.24, 2.45) is 5.41 Å². The van der Waals surface area contributed by atoms with Gasteiger partial charge in [-0.3, -0.25) is 4.79 Å². The van der Waals surface area contributed by atoms with Crippen molar-refractivity contribution in [2.75, 3.05) is 11.5 Å². The SMILES string of the molecule is C=CCSCCn1ccc2c1CC(C)(C)CC2=O. The first-order valence-electron chi connectivity index (χ1n) is 6.43. The van der Waals surface area contributed by atoms with Gasteiger partial charge in [-0.15, -0.1) is 6.58 Å². The van der Waals surface area contributed by atoms with Crippen molar-refractivity contribution in [1.29, 1.82) is 0 Å². The van der Waals surface area contributed by atoms with Crippen LogP contribution in [0.1, 0.15) is 36.3 Å². The second kappa shape index (κ2) is 5.35. The predicted molar refractivity (Wildman–Crippen MR) is 78.4 cm³/mol. The summed E-state index contributed by atoms with van der Waals surface area (Å²) in [7, 11) is 0. The van der Waals surface area contributed by atoms with Gasteiger partial charge in [0.2, 0.25) is 0 Å². The number of aryl methyl sites for hydroxylation is 1. The van der Waals surface area contributed by atoms with Crippen LogP contribution in [-0.2, 0) is 13.0 Å². The van der Waals surface area contributed by atoms with E-state index >= 15 is 0 Å². The van der Waals surface area contributed by atoms with Crippen LogP contribution in [0.4, 0.5) is 0 Å². The number of thioether (sulfide) groups is 1. The van der Waals surface area contributed by atoms with Crippen LogP contribution < -0.4 is 0 Å². The second-order valence-electron chi connectivity index (χ2n) is 5.67. The highest BCUT2D eigenvalue weighted by Gasteiger charge is 2.32. The molecule has 1 aromatic rings. The van der Waals surface area contributed by atoms with Crippen molar-refractivity contribution < 1.29 is 4.79 Å². The minimum Gasteiger partial charge on any atom is -0.350 e. The second-order valence-corrected chi connectivity index (χ2v) is 6.82. The monoisotopic (exact) mass is 263 g/mol. The average Bonchev–Trinajstić information content (AvgIpc) is 2.66. The number of ketones is 1. The molecule has 2 nitrogen and oxygen atoms in total. The molecular formula is C15H21NOS. The lowest BCUT2D eigenvalue weighted by molar-refractivity contribution is 0.0910. The van der Waals surface area contributed by atoms with Gasteiger partial charge in [0.1, 0.15) is 0 Å². The number of hydrogen-bond donors (Lipinski definition) is 0. The molecule has 0 unspecified atom stereocenters. The summed E-state index contributed by atoms with van der Waals surface area (Å²) in [6.45, 7) is 9.06. The van der Waals surface area contributed by atoms with Gasteiger partial charge in [-0.2, -0.15) is 11.8 Å². The molecule has 0 saturated heterocycles. The molecule has 18 heavy (non-hydrogen) atoms. The normalized spacial score (nSPS) is 17.6. The van der Waals surface area contributed by atoms with Crippen LogP contribution in [-0.4, -0.2) is 21.9 Å². The van der Waals surface area contributed by atoms with Crippen molar-refractivity contribution in [3.8, 4) is 0 Å². The topological polar surface area (TPSA) is 22.0 Å². The van der Waals surface area contributed by atoms with Crippen LogP contribution in [0.3, 0.4) is 0 Å². The highest BCUT2D eigenvalue weighted by atomic mass is 32.2. The molecule has 0 aromatic carbocycles. The molecule has 1 aliphatic carbocycles. The summed E-state index contributed by atoms with van der Waals surface area (Å²) in [5.74, 6) is 2.37. The van der Waals surface area contributed by atoms with E-state index in [1.165, 1.54) is 5.69 Å². The molecule has 0 radical (unpaired) electrons. The van der Waals surface area contributed by atoms with Gasteiger partial charge in [-0.1, -0.05) is 19.9 Å². The van der Waals surface area contributed by atoms with Crippen molar-refractivity contribution in [1.82, 2.24) is 4.57 Å². The fourth-order valence-corrected chi connectivity index (χ4v) is 3.20. The molecule has 0 N–H and O–H groups in total. The summed E-state index contributed by atoms with van der Waals surface area (Å²) in [6.07, 6.45) is 5.68. The third-order valence-electron chi connectivity index (χ3n) is 3.38. The van der Waals surface area contributed by atoms with Gasteiger partial charge in [-0.05, 0) is 17.9 Å². The lowest BCUT2D eigenvalue weighted by Crippen LogP contribution is -2.28. The van der Waals surface area contributed by atoms with Gasteiger partial charge in [0.05, 0.1) is 0 Å². The molecule has 1 aromatic heterocycles. The molecule has 1 aliphatic rings. The van der Waals surface area contributed by atoms with Gasteiger partial charge in [0.25, 0.3) is 0 Å². The highest BCUT2D eigenvalue weighted by molar-refractivity contribution is 7.99. The Balaban J connectivity index is 2.10. The van der Waals surface area contributed by atoms with E-state index in [-0.39, 0.29) is 5.41 Å². The van der Waals surface area contributed by atoms with Crippen LogP contribution in [0, 0.1) is 5.41 Å². The Labute approximate surface area is 113 Å². The van der Waals surface area contributed by atoms with E-state index in [2.05, 4.69) is 31.2 Å². The van der Waals surface area contributed by atoms with E-state index in [9.17, 15) is 4.79 Å². The molecule has 0 bridgehead atoms. The number of carbonyl (C=O) groups is 1. The minimum atomic E-state index is 0.106. The summed E-state index contributed by atoms with van der Waals surface area (Å²) in [6, 6.07) is 1.99. The summed E-state index contributed by atoms with van der Waals surface area (Å²) < 4.78 is 2.25. The van der Waals surface area contributed by atoms with Crippen molar-refractivity contribution >= 4 is 17.5 Å². The van der Waals surface area contributed by atoms with Gasteiger partial charge < -0.3 is 4.57 Å². The first-order chi connectivity index (χ1) is 8.53. The number of Topliss-reactive ketones (excluding diaryl/α,β-unsaturated/α-hetero) is 1. The van der Waals surface area contributed by atoms with E-state index in [4.69, 9.17) is 0 Å². The maximum Gasteiger partial charge on any atom is 0.165 e. The summed E-state index contributed by atoms with van der Waals surface area (Å²) in [5, 5.41) is 0. The quantitative estimate of drug-likeness (QED) is 0.598. The third kappa shape index (κ3) is 2.89. The van der Waals surface area contributed by atoms with Crippen LogP contribution in [0.15, 0.2) is 24.9 Å². The maximum absolute atomic E-state index is 12.1. The van der Waals surface area contributed by atoms with E-state index in [1.807, 2.05) is 23.9 Å². The third-order valence-corrected chi connectivity index (χ3v) is 4.32. The fraction of sp³-hybridized carbons (Fsp3) is 0.533. The minimum absolute atomic E-state index is 0.106. The molecule has 0 aliphatic heterocycles. The standard InChI is InChI=1S/C15H21NOS/c1-4-8-18-9-7-16-6-5-12-13(16)10-15(2,3)11-14(12)17/h4-6H,1,7-11H2,2-3H3. The summed E-state index contributed by atoms with van der Waals surface area (Å²) in [4.78, 5) is 12.1. The van der Waals surface area contributed by atoms with Crippen molar-refractivity contribution in [3.05, 3.63) is 36.2 Å². The first-order valence-corrected chi connectivity index (χ1v) is 7.59. The van der Waals surface area contributed by atoms with Crippen LogP contribution >= 0.6 is 11.8 Å². The maximum atomic E-state index is 12.1. The zero-order valence-corrected chi connectivity index (χ0v) is 12.1. The lowest BCUT2D eigenvalue weighted by Gasteiger charge is -2.29. The number of rotatable bonds is 5. The summed E-state index contributed by atoms with van der Waals surface area (Å²) in [5.41, 5.74) is 2.28. The zero-order chi connectivity index (χ0) is 13.2. The Hall–Kier alpha value is -0.960. The molecule has 1 heterocycles. The smallest absolute Gasteiger partial charge is 0.165 e. The molecule has 3 heteroatoms. The van der Waals surface area contributed by atoms with Gasteiger partial charge in [0, 0.05) is 41.9 Å². The van der Waals surface area contributed by atoms with E-state index in [1.54, 1.807) is 0 Å². The molecule has 2 rings (SSSR count). The first kappa shape index (κ1) is 13.5.